The summed E-state index contributed by atoms with van der Waals surface area (Å²) < 4.78 is 12.7. The predicted molar refractivity (Wildman–Crippen MR) is 173 cm³/mol. The first-order chi connectivity index (χ1) is 21.4. The van der Waals surface area contributed by atoms with Crippen molar-refractivity contribution in [3.8, 4) is 0 Å². The molecule has 3 saturated heterocycles. The molecule has 3 amide bonds. The van der Waals surface area contributed by atoms with Crippen molar-refractivity contribution in [2.75, 3.05) is 19.7 Å². The van der Waals surface area contributed by atoms with Crippen molar-refractivity contribution in [3.63, 3.8) is 0 Å². The number of nitrogens with one attached hydrogen (secondary N) is 1. The van der Waals surface area contributed by atoms with Gasteiger partial charge < -0.3 is 29.7 Å². The number of ether oxygens (including phenoxy) is 2. The van der Waals surface area contributed by atoms with Crippen LogP contribution in [0.25, 0.3) is 0 Å². The largest absolute Gasteiger partial charge is 0.455 e. The second kappa shape index (κ2) is 14.6. The molecule has 2 bridgehead atoms. The van der Waals surface area contributed by atoms with Crippen LogP contribution in [0.4, 0.5) is 0 Å². The van der Waals surface area contributed by atoms with Crippen molar-refractivity contribution in [3.05, 3.63) is 61.2 Å². The van der Waals surface area contributed by atoms with Gasteiger partial charge in [-0.05, 0) is 38.2 Å². The molecule has 1 spiro atoms. The minimum atomic E-state index is -1.30. The van der Waals surface area contributed by atoms with Crippen molar-refractivity contribution in [2.45, 2.75) is 87.7 Å². The van der Waals surface area contributed by atoms with Gasteiger partial charge >= 0.3 is 5.97 Å². The topological polar surface area (TPSA) is 125 Å². The molecule has 1 aromatic carbocycles. The van der Waals surface area contributed by atoms with Crippen LogP contribution in [-0.4, -0.2) is 93.0 Å². The van der Waals surface area contributed by atoms with Crippen LogP contribution >= 0.6 is 15.9 Å². The third-order valence-electron chi connectivity index (χ3n) is 9.27. The van der Waals surface area contributed by atoms with Crippen LogP contribution in [-0.2, 0) is 28.7 Å². The smallest absolute Gasteiger partial charge is 0.313 e. The number of carbonyl (C=O) groups excluding carboxylic acids is 4. The number of hydrogen-bond donors (Lipinski definition) is 2. The number of rotatable bonds is 15. The Morgan fingerprint density at radius 2 is 1.89 bits per heavy atom. The molecule has 3 fully saturated rings. The Balaban J connectivity index is 1.71. The molecule has 3 aliphatic rings. The summed E-state index contributed by atoms with van der Waals surface area (Å²) in [6, 6.07) is 7.20. The molecular weight excluding hydrogens is 642 g/mol. The number of hydrogen-bond acceptors (Lipinski definition) is 7. The Labute approximate surface area is 274 Å². The van der Waals surface area contributed by atoms with Crippen LogP contribution in [0.2, 0.25) is 0 Å². The molecule has 11 heteroatoms. The third-order valence-corrected chi connectivity index (χ3v) is 10.1. The average Bonchev–Trinajstić information content (AvgIpc) is 3.60. The molecule has 0 radical (unpaired) electrons. The first-order valence-corrected chi connectivity index (χ1v) is 16.6. The molecule has 3 heterocycles. The lowest BCUT2D eigenvalue weighted by atomic mass is 9.70. The van der Waals surface area contributed by atoms with Gasteiger partial charge in [0, 0.05) is 23.8 Å². The normalized spacial score (nSPS) is 28.1. The first-order valence-electron chi connectivity index (χ1n) is 15.7. The van der Waals surface area contributed by atoms with Gasteiger partial charge in [-0.15, -0.1) is 13.2 Å². The molecule has 1 unspecified atom stereocenters. The minimum absolute atomic E-state index is 0.0452. The van der Waals surface area contributed by atoms with Gasteiger partial charge in [-0.3, -0.25) is 19.2 Å². The molecular formula is C34H46BrN3O7. The van der Waals surface area contributed by atoms with E-state index in [0.717, 1.165) is 0 Å². The monoisotopic (exact) mass is 687 g/mol. The number of carbonyl (C=O) groups is 4. The van der Waals surface area contributed by atoms with Crippen LogP contribution in [0.1, 0.15) is 58.6 Å². The highest BCUT2D eigenvalue weighted by atomic mass is 79.9. The minimum Gasteiger partial charge on any atom is -0.455 e. The molecule has 4 rings (SSSR count). The Morgan fingerprint density at radius 1 is 1.20 bits per heavy atom. The molecule has 45 heavy (non-hydrogen) atoms. The second-order valence-electron chi connectivity index (χ2n) is 12.7. The Kier molecular flexibility index (Phi) is 11.3. The van der Waals surface area contributed by atoms with Crippen molar-refractivity contribution in [2.24, 2.45) is 17.8 Å². The third kappa shape index (κ3) is 6.62. The summed E-state index contributed by atoms with van der Waals surface area (Å²) in [5, 5.41) is 13.3. The number of likely N-dealkylation sites (tertiary alicyclic amines) is 1. The molecule has 0 saturated carbocycles. The van der Waals surface area contributed by atoms with Gasteiger partial charge in [-0.25, -0.2) is 0 Å². The molecule has 10 nitrogen and oxygen atoms in total. The lowest BCUT2D eigenvalue weighted by Crippen LogP contribution is -2.60. The summed E-state index contributed by atoms with van der Waals surface area (Å²) in [4.78, 5) is 58.3. The summed E-state index contributed by atoms with van der Waals surface area (Å²) in [6.07, 6.45) is 2.89. The Morgan fingerprint density at radius 3 is 2.47 bits per heavy atom. The van der Waals surface area contributed by atoms with Crippen molar-refractivity contribution < 1.29 is 33.8 Å². The quantitative estimate of drug-likeness (QED) is 0.164. The number of halogens is 1. The maximum atomic E-state index is 14.5. The number of fused-ring (bicyclic) bond motifs is 1. The second-order valence-corrected chi connectivity index (χ2v) is 13.9. The van der Waals surface area contributed by atoms with Crippen LogP contribution in [0.3, 0.4) is 0 Å². The van der Waals surface area contributed by atoms with Gasteiger partial charge in [0.1, 0.15) is 17.7 Å². The zero-order valence-electron chi connectivity index (χ0n) is 26.6. The average molecular weight is 689 g/mol. The fraction of sp³-hybridized carbons (Fsp3) is 0.588. The molecule has 246 valence electrons. The van der Waals surface area contributed by atoms with Gasteiger partial charge in [0.25, 0.3) is 0 Å². The van der Waals surface area contributed by atoms with Gasteiger partial charge in [-0.1, -0.05) is 72.3 Å². The fourth-order valence-electron chi connectivity index (χ4n) is 7.09. The standard InChI is InChI=1S/C34H46BrN3O7/c1-7-9-15-26(40)36-18-25(22-13-11-10-12-14-22)44-33(43)27-28-31(41)38(24(19-39)20(3)4)30(32(42)37(16-8-2)21(5)6)34(28)17-23(35)29(27)45-34/h7-8,10-14,20-21,23-25,27-30,39H,1-2,9,15-19H2,3-6H3,(H,36,40)/t23?,24-,25-,27+,28-,29+,30+,34-/m0/s1. The number of benzene rings is 1. The summed E-state index contributed by atoms with van der Waals surface area (Å²) in [5.41, 5.74) is -0.609. The van der Waals surface area contributed by atoms with Crippen molar-refractivity contribution in [1.82, 2.24) is 15.1 Å². The molecule has 2 N–H and O–H groups in total. The first kappa shape index (κ1) is 34.8. The molecule has 3 aliphatic heterocycles. The number of amides is 3. The van der Waals surface area contributed by atoms with Gasteiger partial charge in [0.2, 0.25) is 17.7 Å². The molecule has 0 aromatic heterocycles. The van der Waals surface area contributed by atoms with Crippen LogP contribution in [0.5, 0.6) is 0 Å². The van der Waals surface area contributed by atoms with E-state index >= 15 is 0 Å². The van der Waals surface area contributed by atoms with Gasteiger partial charge in [0.15, 0.2) is 0 Å². The number of alkyl halides is 1. The SMILES string of the molecule is C=CCCC(=O)NC[C@H](OC(=O)[C@H]1[C@@H]2O[C@@]3(CC2Br)[C@@H]1C(=O)N([C@@H](CO)C(C)C)[C@@H]3C(=O)N(CC=C)C(C)C)c1ccccc1. The molecule has 0 aliphatic carbocycles. The zero-order chi connectivity index (χ0) is 33.1. The maximum Gasteiger partial charge on any atom is 0.313 e. The molecule has 8 atom stereocenters. The van der Waals surface area contributed by atoms with Crippen LogP contribution < -0.4 is 5.32 Å². The van der Waals surface area contributed by atoms with Gasteiger partial charge in [0.05, 0.1) is 37.1 Å². The summed E-state index contributed by atoms with van der Waals surface area (Å²) in [7, 11) is 0. The van der Waals surface area contributed by atoms with E-state index in [1.54, 1.807) is 17.1 Å². The van der Waals surface area contributed by atoms with E-state index in [0.29, 0.717) is 18.4 Å². The number of esters is 1. The number of nitrogens with zero attached hydrogens (tertiary/aromatic N) is 2. The zero-order valence-corrected chi connectivity index (χ0v) is 28.1. The van der Waals surface area contributed by atoms with E-state index in [1.807, 2.05) is 58.0 Å². The number of aliphatic hydroxyl groups is 1. The summed E-state index contributed by atoms with van der Waals surface area (Å²) in [5.74, 6) is -3.70. The van der Waals surface area contributed by atoms with Crippen molar-refractivity contribution in [1.29, 1.82) is 0 Å². The van der Waals surface area contributed by atoms with E-state index < -0.39 is 53.6 Å². The lowest BCUT2D eigenvalue weighted by molar-refractivity contribution is -0.161. The van der Waals surface area contributed by atoms with Crippen LogP contribution in [0, 0.1) is 17.8 Å². The lowest BCUT2D eigenvalue weighted by Gasteiger charge is -2.41. The van der Waals surface area contributed by atoms with E-state index in [4.69, 9.17) is 9.47 Å². The summed E-state index contributed by atoms with van der Waals surface area (Å²) in [6.45, 7) is 15.0. The highest BCUT2D eigenvalue weighted by molar-refractivity contribution is 9.09. The van der Waals surface area contributed by atoms with E-state index in [9.17, 15) is 24.3 Å². The van der Waals surface area contributed by atoms with E-state index in [-0.39, 0.29) is 54.7 Å². The molecule has 1 aromatic rings. The number of aliphatic hydroxyl groups excluding tert-OH is 1. The summed E-state index contributed by atoms with van der Waals surface area (Å²) >= 11 is 3.70. The number of allylic oxidation sites excluding steroid dienone is 1. The highest BCUT2D eigenvalue weighted by Crippen LogP contribution is 2.61. The predicted octanol–water partition coefficient (Wildman–Crippen LogP) is 3.54. The van der Waals surface area contributed by atoms with Gasteiger partial charge in [-0.2, -0.15) is 0 Å². The Hall–Kier alpha value is -3.02. The fourth-order valence-corrected chi connectivity index (χ4v) is 8.03. The van der Waals surface area contributed by atoms with Crippen molar-refractivity contribution >= 4 is 39.6 Å². The maximum absolute atomic E-state index is 14.5. The Bertz CT molecular complexity index is 1270. The highest BCUT2D eigenvalue weighted by Gasteiger charge is 2.77. The van der Waals surface area contributed by atoms with E-state index in [1.165, 1.54) is 4.90 Å². The van der Waals surface area contributed by atoms with E-state index in [2.05, 4.69) is 34.4 Å². The van der Waals surface area contributed by atoms with Crippen LogP contribution in [0.15, 0.2) is 55.6 Å².